The second kappa shape index (κ2) is 14.3. The maximum Gasteiger partial charge on any atom is 0.335 e. The summed E-state index contributed by atoms with van der Waals surface area (Å²) in [6.07, 6.45) is 13.9. The van der Waals surface area contributed by atoms with Crippen LogP contribution in [-0.2, 0) is 6.54 Å². The minimum atomic E-state index is -0.968. The van der Waals surface area contributed by atoms with Gasteiger partial charge in [0.1, 0.15) is 12.4 Å². The highest BCUT2D eigenvalue weighted by molar-refractivity contribution is 8.00. The molecule has 3 fully saturated rings. The predicted octanol–water partition coefficient (Wildman–Crippen LogP) is 7.47. The van der Waals surface area contributed by atoms with Crippen molar-refractivity contribution in [3.8, 4) is 17.1 Å². The first-order valence-corrected chi connectivity index (χ1v) is 18.2. The first-order valence-electron chi connectivity index (χ1n) is 17.4. The van der Waals surface area contributed by atoms with Crippen molar-refractivity contribution >= 4 is 29.7 Å². The third-order valence-electron chi connectivity index (χ3n) is 10.8. The summed E-state index contributed by atoms with van der Waals surface area (Å²) in [5.74, 6) is 1.36. The molecule has 0 bridgehead atoms. The predicted molar refractivity (Wildman–Crippen MR) is 193 cm³/mol. The van der Waals surface area contributed by atoms with Gasteiger partial charge in [-0.05, 0) is 111 Å². The number of nitrogens with one attached hydrogen (secondary N) is 2. The zero-order chi connectivity index (χ0) is 34.0. The third kappa shape index (κ3) is 7.52. The van der Waals surface area contributed by atoms with Gasteiger partial charge >= 0.3 is 5.97 Å². The van der Waals surface area contributed by atoms with Gasteiger partial charge in [-0.25, -0.2) is 14.8 Å². The van der Waals surface area contributed by atoms with Crippen molar-refractivity contribution in [3.05, 3.63) is 83.3 Å². The number of aromatic carboxylic acids is 1. The van der Waals surface area contributed by atoms with E-state index in [1.54, 1.807) is 18.2 Å². The molecule has 3 saturated carbocycles. The molecule has 0 radical (unpaired) electrons. The van der Waals surface area contributed by atoms with E-state index in [1.807, 2.05) is 30.6 Å². The molecule has 0 amide bonds. The minimum Gasteiger partial charge on any atom is -0.478 e. The Morgan fingerprint density at radius 2 is 1.82 bits per heavy atom. The normalized spacial score (nSPS) is 17.4. The van der Waals surface area contributed by atoms with Gasteiger partial charge in [-0.15, -0.1) is 0 Å². The first-order chi connectivity index (χ1) is 23.7. The zero-order valence-electron chi connectivity index (χ0n) is 28.5. The van der Waals surface area contributed by atoms with Crippen LogP contribution in [0.15, 0.2) is 65.8 Å². The Morgan fingerprint density at radius 3 is 2.51 bits per heavy atom. The highest BCUT2D eigenvalue weighted by atomic mass is 32.2. The van der Waals surface area contributed by atoms with E-state index in [0.29, 0.717) is 42.4 Å². The first kappa shape index (κ1) is 33.3. The van der Waals surface area contributed by atoms with E-state index in [-0.39, 0.29) is 11.6 Å². The number of aromatic nitrogens is 4. The van der Waals surface area contributed by atoms with Gasteiger partial charge in [0.05, 0.1) is 23.1 Å². The summed E-state index contributed by atoms with van der Waals surface area (Å²) in [5.41, 5.74) is 5.73. The summed E-state index contributed by atoms with van der Waals surface area (Å²) >= 11 is 1.27. The van der Waals surface area contributed by atoms with E-state index < -0.39 is 5.97 Å². The number of hydrogen-bond donors (Lipinski definition) is 3. The van der Waals surface area contributed by atoms with Crippen LogP contribution in [0.5, 0.6) is 5.88 Å². The fourth-order valence-electron chi connectivity index (χ4n) is 7.49. The quantitative estimate of drug-likeness (QED) is 0.115. The molecule has 0 aliphatic heterocycles. The van der Waals surface area contributed by atoms with Crippen LogP contribution in [0.25, 0.3) is 11.3 Å². The Balaban J connectivity index is 1.10. The van der Waals surface area contributed by atoms with Crippen LogP contribution in [0, 0.1) is 25.2 Å². The average Bonchev–Trinajstić information content (AvgIpc) is 3.02. The number of aryl methyl sites for hydroxylation is 2. The molecule has 10 nitrogen and oxygen atoms in total. The summed E-state index contributed by atoms with van der Waals surface area (Å²) in [7, 11) is 2.12. The number of carbonyl (C=O) groups is 1. The molecule has 2 aromatic carbocycles. The lowest BCUT2D eigenvalue weighted by Crippen LogP contribution is -2.53. The highest BCUT2D eigenvalue weighted by Crippen LogP contribution is 2.59. The Hall–Kier alpha value is -4.22. The molecule has 1 unspecified atom stereocenters. The fourth-order valence-corrected chi connectivity index (χ4v) is 8.13. The number of ether oxygens (including phenoxy) is 1. The lowest BCUT2D eigenvalue weighted by molar-refractivity contribution is -0.0467. The van der Waals surface area contributed by atoms with E-state index in [1.165, 1.54) is 63.3 Å². The molecule has 1 atom stereocenters. The average molecular weight is 680 g/mol. The Labute approximate surface area is 292 Å². The topological polar surface area (TPSA) is 125 Å². The Kier molecular flexibility index (Phi) is 9.73. The maximum absolute atomic E-state index is 11.5. The van der Waals surface area contributed by atoms with Crippen molar-refractivity contribution in [3.63, 3.8) is 0 Å². The molecule has 11 heteroatoms. The molecular weight excluding hydrogens is 635 g/mol. The van der Waals surface area contributed by atoms with Crippen LogP contribution in [0.3, 0.4) is 0 Å². The van der Waals surface area contributed by atoms with E-state index in [2.05, 4.69) is 53.0 Å². The van der Waals surface area contributed by atoms with Crippen LogP contribution in [0.4, 0.5) is 11.8 Å². The second-order valence-electron chi connectivity index (χ2n) is 14.1. The van der Waals surface area contributed by atoms with Gasteiger partial charge in [0, 0.05) is 48.4 Å². The number of benzene rings is 2. The SMILES string of the molecule is Cc1cccc(C)c1-c1cc(OCC(NCc2cncc(N(C)C3CCC3)n2)C2CC3(CCC3)C2)nc(NSc2cccc(C(=O)O)c2)n1. The minimum absolute atomic E-state index is 0.129. The van der Waals surface area contributed by atoms with Crippen molar-refractivity contribution < 1.29 is 14.6 Å². The molecule has 2 aromatic heterocycles. The summed E-state index contributed by atoms with van der Waals surface area (Å²) in [5, 5.41) is 13.2. The highest BCUT2D eigenvalue weighted by Gasteiger charge is 2.50. The number of carboxylic acid groups (broad SMARTS) is 1. The molecule has 3 aliphatic rings. The van der Waals surface area contributed by atoms with E-state index in [9.17, 15) is 9.90 Å². The lowest BCUT2D eigenvalue weighted by Gasteiger charge is -2.56. The monoisotopic (exact) mass is 679 g/mol. The standard InChI is InChI=1S/C38H45N7O3S/c1-24-8-4-9-25(2)35(24)31-17-34(43-37(42-31)44-49-30-13-5-10-26(16-30)36(46)47)48-23-32(27-18-38(19-27)14-7-15-38)40-21-28-20-39-22-33(41-28)45(3)29-11-6-12-29/h4-5,8-10,13,16-17,20,22,27,29,32,40H,6-7,11-12,14-15,18-19,21,23H2,1-3H3,(H,46,47)(H,42,43,44). The Bertz CT molecular complexity index is 1780. The van der Waals surface area contributed by atoms with Crippen LogP contribution < -0.4 is 19.7 Å². The molecule has 3 N–H and O–H groups in total. The van der Waals surface area contributed by atoms with Crippen molar-refractivity contribution in [2.45, 2.75) is 88.7 Å². The van der Waals surface area contributed by atoms with Crippen LogP contribution in [0.1, 0.15) is 78.5 Å². The molecule has 2 heterocycles. The molecule has 1 spiro atoms. The number of rotatable bonds is 14. The van der Waals surface area contributed by atoms with Gasteiger partial charge in [0.15, 0.2) is 0 Å². The zero-order valence-corrected chi connectivity index (χ0v) is 29.3. The van der Waals surface area contributed by atoms with Gasteiger partial charge < -0.3 is 20.1 Å². The van der Waals surface area contributed by atoms with Gasteiger partial charge in [-0.2, -0.15) is 4.98 Å². The van der Waals surface area contributed by atoms with Gasteiger partial charge in [0.25, 0.3) is 0 Å². The summed E-state index contributed by atoms with van der Waals surface area (Å²) in [6, 6.07) is 15.6. The summed E-state index contributed by atoms with van der Waals surface area (Å²) < 4.78 is 9.79. The van der Waals surface area contributed by atoms with Crippen molar-refractivity contribution in [1.82, 2.24) is 25.3 Å². The lowest BCUT2D eigenvalue weighted by atomic mass is 9.50. The van der Waals surface area contributed by atoms with Crippen molar-refractivity contribution in [2.24, 2.45) is 11.3 Å². The molecule has 7 rings (SSSR count). The molecular formula is C38H45N7O3S. The molecule has 0 saturated heterocycles. The van der Waals surface area contributed by atoms with Crippen molar-refractivity contribution in [1.29, 1.82) is 0 Å². The van der Waals surface area contributed by atoms with Gasteiger partial charge in [0.2, 0.25) is 11.8 Å². The fraction of sp³-hybridized carbons (Fsp3) is 0.447. The number of nitrogens with zero attached hydrogens (tertiary/aromatic N) is 5. The second-order valence-corrected chi connectivity index (χ2v) is 15.0. The third-order valence-corrected chi connectivity index (χ3v) is 11.5. The molecule has 3 aliphatic carbocycles. The maximum atomic E-state index is 11.5. The van der Waals surface area contributed by atoms with E-state index >= 15 is 0 Å². The van der Waals surface area contributed by atoms with Gasteiger partial charge in [-0.1, -0.05) is 30.7 Å². The largest absolute Gasteiger partial charge is 0.478 e. The van der Waals surface area contributed by atoms with Crippen LogP contribution in [-0.4, -0.2) is 56.7 Å². The van der Waals surface area contributed by atoms with E-state index in [0.717, 1.165) is 38.8 Å². The Morgan fingerprint density at radius 1 is 1.04 bits per heavy atom. The summed E-state index contributed by atoms with van der Waals surface area (Å²) in [4.78, 5) is 33.6. The van der Waals surface area contributed by atoms with Gasteiger partial charge in [-0.3, -0.25) is 9.71 Å². The van der Waals surface area contributed by atoms with Crippen molar-refractivity contribution in [2.75, 3.05) is 23.3 Å². The smallest absolute Gasteiger partial charge is 0.335 e. The number of carboxylic acids is 1. The molecule has 256 valence electrons. The number of anilines is 2. The van der Waals surface area contributed by atoms with Crippen LogP contribution >= 0.6 is 11.9 Å². The summed E-state index contributed by atoms with van der Waals surface area (Å²) in [6.45, 7) is 5.25. The number of hydrogen-bond acceptors (Lipinski definition) is 10. The van der Waals surface area contributed by atoms with Crippen LogP contribution in [0.2, 0.25) is 0 Å². The molecule has 49 heavy (non-hydrogen) atoms. The van der Waals surface area contributed by atoms with E-state index in [4.69, 9.17) is 19.7 Å². The molecule has 4 aromatic rings.